The number of hydrogen-bond acceptors (Lipinski definition) is 4. The SMILES string of the molecule is C=C(N)c1sccc1-c1c(C)ccc(OC)c1/C=C/CN1CCC1. The van der Waals surface area contributed by atoms with Crippen LogP contribution in [0.3, 0.4) is 0 Å². The minimum absolute atomic E-state index is 0.609. The van der Waals surface area contributed by atoms with Crippen LogP contribution in [0.4, 0.5) is 0 Å². The molecule has 0 radical (unpaired) electrons. The highest BCUT2D eigenvalue weighted by molar-refractivity contribution is 7.11. The predicted octanol–water partition coefficient (Wildman–Crippen LogP) is 4.38. The Balaban J connectivity index is 2.06. The van der Waals surface area contributed by atoms with Gasteiger partial charge < -0.3 is 10.5 Å². The van der Waals surface area contributed by atoms with E-state index in [1.54, 1.807) is 18.4 Å². The third-order valence-corrected chi connectivity index (χ3v) is 5.45. The summed E-state index contributed by atoms with van der Waals surface area (Å²) < 4.78 is 5.62. The van der Waals surface area contributed by atoms with Crippen molar-refractivity contribution in [2.24, 2.45) is 5.73 Å². The Morgan fingerprint density at radius 1 is 1.38 bits per heavy atom. The summed E-state index contributed by atoms with van der Waals surface area (Å²) in [4.78, 5) is 3.46. The van der Waals surface area contributed by atoms with Gasteiger partial charge in [-0.05, 0) is 55.1 Å². The van der Waals surface area contributed by atoms with Crippen molar-refractivity contribution in [2.45, 2.75) is 13.3 Å². The van der Waals surface area contributed by atoms with Crippen molar-refractivity contribution in [1.82, 2.24) is 4.90 Å². The van der Waals surface area contributed by atoms with Gasteiger partial charge >= 0.3 is 0 Å². The molecule has 1 aliphatic heterocycles. The lowest BCUT2D eigenvalue weighted by Gasteiger charge is -2.29. The molecule has 0 saturated carbocycles. The highest BCUT2D eigenvalue weighted by Crippen LogP contribution is 2.39. The van der Waals surface area contributed by atoms with Crippen LogP contribution in [0.2, 0.25) is 0 Å². The summed E-state index contributed by atoms with van der Waals surface area (Å²) in [5.74, 6) is 0.884. The second kappa shape index (κ2) is 7.24. The first kappa shape index (κ1) is 16.8. The van der Waals surface area contributed by atoms with E-state index in [9.17, 15) is 0 Å². The van der Waals surface area contributed by atoms with Crippen molar-refractivity contribution < 1.29 is 4.74 Å². The molecule has 2 N–H and O–H groups in total. The standard InChI is InChI=1S/C20H24N2OS/c1-14-7-8-18(23-3)16(6-4-10-22-11-5-12-22)19(14)17-9-13-24-20(17)15(2)21/h4,6-9,13H,2,5,10-12,21H2,1,3H3/b6-4+. The molecule has 4 heteroatoms. The number of hydrogen-bond donors (Lipinski definition) is 1. The van der Waals surface area contributed by atoms with Crippen molar-refractivity contribution in [3.63, 3.8) is 0 Å². The Morgan fingerprint density at radius 3 is 2.79 bits per heavy atom. The molecule has 1 aromatic carbocycles. The monoisotopic (exact) mass is 340 g/mol. The molecule has 0 spiro atoms. The number of thiophene rings is 1. The van der Waals surface area contributed by atoms with E-state index in [4.69, 9.17) is 10.5 Å². The van der Waals surface area contributed by atoms with E-state index >= 15 is 0 Å². The minimum Gasteiger partial charge on any atom is -0.496 e. The van der Waals surface area contributed by atoms with Crippen molar-refractivity contribution in [1.29, 1.82) is 0 Å². The van der Waals surface area contributed by atoms with E-state index in [1.165, 1.54) is 30.6 Å². The van der Waals surface area contributed by atoms with Crippen LogP contribution in [0.15, 0.2) is 36.2 Å². The lowest BCUT2D eigenvalue weighted by molar-refractivity contribution is 0.203. The number of aryl methyl sites for hydroxylation is 1. The Kier molecular flexibility index (Phi) is 5.07. The van der Waals surface area contributed by atoms with E-state index in [-0.39, 0.29) is 0 Å². The molecule has 1 aliphatic rings. The summed E-state index contributed by atoms with van der Waals surface area (Å²) in [6.45, 7) is 9.43. The molecule has 2 heterocycles. The summed E-state index contributed by atoms with van der Waals surface area (Å²) in [6, 6.07) is 6.25. The summed E-state index contributed by atoms with van der Waals surface area (Å²) in [6.07, 6.45) is 5.72. The quantitative estimate of drug-likeness (QED) is 0.848. The van der Waals surface area contributed by atoms with Crippen LogP contribution in [0.25, 0.3) is 22.9 Å². The molecule has 24 heavy (non-hydrogen) atoms. The first-order valence-electron chi connectivity index (χ1n) is 8.21. The molecular formula is C20H24N2OS. The smallest absolute Gasteiger partial charge is 0.126 e. The van der Waals surface area contributed by atoms with Crippen LogP contribution in [0.1, 0.15) is 22.4 Å². The fraction of sp³-hybridized carbons (Fsp3) is 0.300. The lowest BCUT2D eigenvalue weighted by Crippen LogP contribution is -2.36. The molecule has 0 bridgehead atoms. The van der Waals surface area contributed by atoms with Crippen LogP contribution in [0, 0.1) is 6.92 Å². The van der Waals surface area contributed by atoms with Crippen molar-refractivity contribution in [2.75, 3.05) is 26.7 Å². The number of benzene rings is 1. The third kappa shape index (κ3) is 3.25. The summed E-state index contributed by atoms with van der Waals surface area (Å²) in [5.41, 5.74) is 11.2. The van der Waals surface area contributed by atoms with Gasteiger partial charge in [0.15, 0.2) is 0 Å². The van der Waals surface area contributed by atoms with Gasteiger partial charge in [-0.15, -0.1) is 11.3 Å². The molecule has 126 valence electrons. The Hall–Kier alpha value is -2.04. The summed E-state index contributed by atoms with van der Waals surface area (Å²) in [7, 11) is 1.72. The van der Waals surface area contributed by atoms with Crippen LogP contribution < -0.4 is 10.5 Å². The summed E-state index contributed by atoms with van der Waals surface area (Å²) >= 11 is 1.63. The van der Waals surface area contributed by atoms with Gasteiger partial charge in [0.2, 0.25) is 0 Å². The first-order chi connectivity index (χ1) is 11.6. The second-order valence-corrected chi connectivity index (χ2v) is 7.03. The van der Waals surface area contributed by atoms with Gasteiger partial charge in [-0.3, -0.25) is 4.90 Å². The number of likely N-dealkylation sites (tertiary alicyclic amines) is 1. The van der Waals surface area contributed by atoms with Crippen molar-refractivity contribution in [3.05, 3.63) is 52.2 Å². The largest absolute Gasteiger partial charge is 0.496 e. The molecule has 1 fully saturated rings. The Bertz CT molecular complexity index is 772. The van der Waals surface area contributed by atoms with Gasteiger partial charge in [0.05, 0.1) is 12.0 Å². The van der Waals surface area contributed by atoms with E-state index < -0.39 is 0 Å². The summed E-state index contributed by atoms with van der Waals surface area (Å²) in [5, 5.41) is 2.06. The topological polar surface area (TPSA) is 38.5 Å². The third-order valence-electron chi connectivity index (χ3n) is 4.46. The van der Waals surface area contributed by atoms with Gasteiger partial charge in [0.25, 0.3) is 0 Å². The van der Waals surface area contributed by atoms with Crippen LogP contribution in [-0.2, 0) is 0 Å². The normalized spacial score (nSPS) is 14.8. The van der Waals surface area contributed by atoms with E-state index in [2.05, 4.69) is 48.1 Å². The number of methoxy groups -OCH3 is 1. The molecule has 3 nitrogen and oxygen atoms in total. The molecule has 3 rings (SSSR count). The van der Waals surface area contributed by atoms with Crippen molar-refractivity contribution in [3.8, 4) is 16.9 Å². The first-order valence-corrected chi connectivity index (χ1v) is 9.09. The maximum atomic E-state index is 5.99. The van der Waals surface area contributed by atoms with E-state index in [0.29, 0.717) is 5.70 Å². The molecular weight excluding hydrogens is 316 g/mol. The number of nitrogens with two attached hydrogens (primary N) is 1. The highest BCUT2D eigenvalue weighted by atomic mass is 32.1. The highest BCUT2D eigenvalue weighted by Gasteiger charge is 2.17. The van der Waals surface area contributed by atoms with Gasteiger partial charge in [-0.2, -0.15) is 0 Å². The van der Waals surface area contributed by atoms with Gasteiger partial charge in [0, 0.05) is 23.4 Å². The van der Waals surface area contributed by atoms with E-state index in [1.807, 2.05) is 6.07 Å². The Morgan fingerprint density at radius 2 is 2.17 bits per heavy atom. The van der Waals surface area contributed by atoms with Crippen LogP contribution in [0.5, 0.6) is 5.75 Å². The average Bonchev–Trinajstić information content (AvgIpc) is 2.99. The van der Waals surface area contributed by atoms with Crippen LogP contribution >= 0.6 is 11.3 Å². The lowest BCUT2D eigenvalue weighted by atomic mass is 9.93. The number of rotatable bonds is 6. The zero-order valence-electron chi connectivity index (χ0n) is 14.3. The zero-order chi connectivity index (χ0) is 17.1. The predicted molar refractivity (Wildman–Crippen MR) is 104 cm³/mol. The zero-order valence-corrected chi connectivity index (χ0v) is 15.2. The molecule has 0 aliphatic carbocycles. The fourth-order valence-electron chi connectivity index (χ4n) is 3.05. The maximum absolute atomic E-state index is 5.99. The second-order valence-electron chi connectivity index (χ2n) is 6.12. The van der Waals surface area contributed by atoms with Gasteiger partial charge in [0.1, 0.15) is 5.75 Å². The molecule has 0 atom stereocenters. The molecule has 0 unspecified atom stereocenters. The van der Waals surface area contributed by atoms with Gasteiger partial charge in [-0.25, -0.2) is 0 Å². The van der Waals surface area contributed by atoms with Gasteiger partial charge in [-0.1, -0.05) is 24.8 Å². The van der Waals surface area contributed by atoms with Crippen LogP contribution in [-0.4, -0.2) is 31.6 Å². The molecule has 0 amide bonds. The van der Waals surface area contributed by atoms with Crippen molar-refractivity contribution >= 4 is 23.1 Å². The number of ether oxygens (including phenoxy) is 1. The average molecular weight is 340 g/mol. The molecule has 1 aromatic heterocycles. The fourth-order valence-corrected chi connectivity index (χ4v) is 3.84. The molecule has 1 saturated heterocycles. The van der Waals surface area contributed by atoms with E-state index in [0.717, 1.165) is 28.3 Å². The number of nitrogens with zero attached hydrogens (tertiary/aromatic N) is 1. The minimum atomic E-state index is 0.609. The molecule has 2 aromatic rings. The Labute approximate surface area is 148 Å². The maximum Gasteiger partial charge on any atom is 0.126 e.